The fourth-order valence-corrected chi connectivity index (χ4v) is 5.66. The molecule has 0 amide bonds. The maximum atomic E-state index is 13.4. The van der Waals surface area contributed by atoms with E-state index in [-0.39, 0.29) is 5.82 Å². The van der Waals surface area contributed by atoms with Gasteiger partial charge in [-0.05, 0) is 42.7 Å². The molecule has 0 N–H and O–H groups in total. The zero-order chi connectivity index (χ0) is 17.4. The molecule has 2 aliphatic heterocycles. The molecule has 2 aliphatic rings. The van der Waals surface area contributed by atoms with Crippen LogP contribution in [0, 0.1) is 5.82 Å². The van der Waals surface area contributed by atoms with E-state index in [0.717, 1.165) is 30.5 Å². The molecular weight excluding hydrogens is 341 g/mol. The summed E-state index contributed by atoms with van der Waals surface area (Å²) in [7, 11) is -3.55. The van der Waals surface area contributed by atoms with Crippen LogP contribution in [0.25, 0.3) is 0 Å². The minimum atomic E-state index is -3.55. The highest BCUT2D eigenvalue weighted by atomic mass is 32.2. The number of halogens is 1. The number of piperidine rings is 1. The molecule has 4 rings (SSSR count). The quantitative estimate of drug-likeness (QED) is 0.842. The average molecular weight is 363 g/mol. The molecule has 1 aromatic carbocycles. The SMILES string of the molecule is O=S(=O)(N1CCCCC1)N1CCn2cccc2C1c1ccc(F)cc1. The van der Waals surface area contributed by atoms with Crippen LogP contribution < -0.4 is 0 Å². The maximum absolute atomic E-state index is 13.4. The lowest BCUT2D eigenvalue weighted by Crippen LogP contribution is -2.50. The van der Waals surface area contributed by atoms with Gasteiger partial charge in [-0.1, -0.05) is 18.6 Å². The zero-order valence-corrected chi connectivity index (χ0v) is 14.8. The van der Waals surface area contributed by atoms with Crippen molar-refractivity contribution in [3.63, 3.8) is 0 Å². The van der Waals surface area contributed by atoms with Gasteiger partial charge >= 0.3 is 0 Å². The summed E-state index contributed by atoms with van der Waals surface area (Å²) in [6.07, 6.45) is 4.86. The van der Waals surface area contributed by atoms with Crippen LogP contribution in [0.2, 0.25) is 0 Å². The van der Waals surface area contributed by atoms with E-state index >= 15 is 0 Å². The molecular formula is C18H22FN3O2S. The molecule has 1 saturated heterocycles. The first-order valence-electron chi connectivity index (χ1n) is 8.75. The van der Waals surface area contributed by atoms with Crippen molar-refractivity contribution in [2.45, 2.75) is 31.8 Å². The van der Waals surface area contributed by atoms with Crippen LogP contribution in [0.4, 0.5) is 4.39 Å². The third-order valence-corrected chi connectivity index (χ3v) is 7.12. The summed E-state index contributed by atoms with van der Waals surface area (Å²) in [5, 5.41) is 0. The summed E-state index contributed by atoms with van der Waals surface area (Å²) in [5.74, 6) is -0.319. The second kappa shape index (κ2) is 6.55. The molecule has 1 unspecified atom stereocenters. The summed E-state index contributed by atoms with van der Waals surface area (Å²) < 4.78 is 45.2. The van der Waals surface area contributed by atoms with Crippen LogP contribution in [-0.2, 0) is 16.8 Å². The van der Waals surface area contributed by atoms with Crippen molar-refractivity contribution in [2.75, 3.05) is 19.6 Å². The monoisotopic (exact) mass is 363 g/mol. The molecule has 0 radical (unpaired) electrons. The molecule has 0 saturated carbocycles. The molecule has 1 atom stereocenters. The van der Waals surface area contributed by atoms with Crippen molar-refractivity contribution < 1.29 is 12.8 Å². The van der Waals surface area contributed by atoms with Gasteiger partial charge in [-0.2, -0.15) is 17.0 Å². The Morgan fingerprint density at radius 2 is 1.64 bits per heavy atom. The van der Waals surface area contributed by atoms with Gasteiger partial charge in [0.2, 0.25) is 0 Å². The van der Waals surface area contributed by atoms with Crippen molar-refractivity contribution >= 4 is 10.2 Å². The summed E-state index contributed by atoms with van der Waals surface area (Å²) in [6.45, 7) is 2.21. The fourth-order valence-electron chi connectivity index (χ4n) is 3.84. The molecule has 3 heterocycles. The molecule has 7 heteroatoms. The topological polar surface area (TPSA) is 45.6 Å². The Hall–Kier alpha value is -1.70. The van der Waals surface area contributed by atoms with Gasteiger partial charge < -0.3 is 4.57 Å². The van der Waals surface area contributed by atoms with Gasteiger partial charge in [0.25, 0.3) is 10.2 Å². The predicted octanol–water partition coefficient (Wildman–Crippen LogP) is 2.76. The van der Waals surface area contributed by atoms with Crippen molar-refractivity contribution in [1.29, 1.82) is 0 Å². The Morgan fingerprint density at radius 1 is 0.920 bits per heavy atom. The number of aromatic nitrogens is 1. The first kappa shape index (κ1) is 16.8. The Kier molecular flexibility index (Phi) is 4.39. The summed E-state index contributed by atoms with van der Waals surface area (Å²) in [5.41, 5.74) is 1.72. The number of hydrogen-bond donors (Lipinski definition) is 0. The van der Waals surface area contributed by atoms with Gasteiger partial charge in [0, 0.05) is 38.1 Å². The van der Waals surface area contributed by atoms with E-state index in [4.69, 9.17) is 0 Å². The fraction of sp³-hybridized carbons (Fsp3) is 0.444. The Balaban J connectivity index is 1.76. The van der Waals surface area contributed by atoms with E-state index in [1.807, 2.05) is 18.3 Å². The Labute approximate surface area is 147 Å². The van der Waals surface area contributed by atoms with Gasteiger partial charge in [-0.3, -0.25) is 0 Å². The first-order chi connectivity index (χ1) is 12.1. The van der Waals surface area contributed by atoms with Crippen molar-refractivity contribution in [1.82, 2.24) is 13.2 Å². The molecule has 0 bridgehead atoms. The number of benzene rings is 1. The molecule has 0 spiro atoms. The summed E-state index contributed by atoms with van der Waals surface area (Å²) in [6, 6.07) is 9.61. The van der Waals surface area contributed by atoms with E-state index in [2.05, 4.69) is 4.57 Å². The minimum absolute atomic E-state index is 0.319. The lowest BCUT2D eigenvalue weighted by Gasteiger charge is -2.40. The van der Waals surface area contributed by atoms with Crippen LogP contribution in [0.1, 0.15) is 36.6 Å². The number of rotatable bonds is 3. The van der Waals surface area contributed by atoms with Crippen molar-refractivity contribution in [2.24, 2.45) is 0 Å². The Bertz CT molecular complexity index is 841. The van der Waals surface area contributed by atoms with E-state index < -0.39 is 16.3 Å². The lowest BCUT2D eigenvalue weighted by molar-refractivity contribution is 0.254. The number of fused-ring (bicyclic) bond motifs is 1. The molecule has 2 aromatic rings. The molecule has 25 heavy (non-hydrogen) atoms. The zero-order valence-electron chi connectivity index (χ0n) is 14.0. The summed E-state index contributed by atoms with van der Waals surface area (Å²) in [4.78, 5) is 0. The highest BCUT2D eigenvalue weighted by molar-refractivity contribution is 7.86. The second-order valence-electron chi connectivity index (χ2n) is 6.66. The maximum Gasteiger partial charge on any atom is 0.282 e. The van der Waals surface area contributed by atoms with E-state index in [1.54, 1.807) is 20.7 Å². The molecule has 1 aromatic heterocycles. The highest BCUT2D eigenvalue weighted by Crippen LogP contribution is 2.35. The third kappa shape index (κ3) is 3.01. The van der Waals surface area contributed by atoms with Crippen LogP contribution in [0.3, 0.4) is 0 Å². The van der Waals surface area contributed by atoms with Crippen LogP contribution >= 0.6 is 0 Å². The lowest BCUT2D eigenvalue weighted by atomic mass is 10.0. The normalized spacial score (nSPS) is 22.7. The highest BCUT2D eigenvalue weighted by Gasteiger charge is 2.40. The number of hydrogen-bond acceptors (Lipinski definition) is 2. The second-order valence-corrected chi connectivity index (χ2v) is 8.54. The standard InChI is InChI=1S/C18H22FN3O2S/c19-16-8-6-15(7-9-16)18-17-5-4-10-20(17)13-14-22(18)25(23,24)21-11-2-1-3-12-21/h4-10,18H,1-3,11-14H2. The summed E-state index contributed by atoms with van der Waals surface area (Å²) >= 11 is 0. The van der Waals surface area contributed by atoms with E-state index in [0.29, 0.717) is 26.2 Å². The molecule has 5 nitrogen and oxygen atoms in total. The van der Waals surface area contributed by atoms with Gasteiger partial charge in [-0.25, -0.2) is 4.39 Å². The van der Waals surface area contributed by atoms with Crippen molar-refractivity contribution in [3.05, 3.63) is 59.7 Å². The van der Waals surface area contributed by atoms with Crippen molar-refractivity contribution in [3.8, 4) is 0 Å². The van der Waals surface area contributed by atoms with Gasteiger partial charge in [0.05, 0.1) is 6.04 Å². The predicted molar refractivity (Wildman–Crippen MR) is 93.7 cm³/mol. The first-order valence-corrected chi connectivity index (χ1v) is 10.1. The van der Waals surface area contributed by atoms with E-state index in [1.165, 1.54) is 12.1 Å². The van der Waals surface area contributed by atoms with Gasteiger partial charge in [-0.15, -0.1) is 0 Å². The third-order valence-electron chi connectivity index (χ3n) is 5.12. The smallest absolute Gasteiger partial charge is 0.282 e. The minimum Gasteiger partial charge on any atom is -0.348 e. The molecule has 134 valence electrons. The van der Waals surface area contributed by atoms with Crippen LogP contribution in [0.15, 0.2) is 42.6 Å². The van der Waals surface area contributed by atoms with E-state index in [9.17, 15) is 12.8 Å². The Morgan fingerprint density at radius 3 is 2.36 bits per heavy atom. The van der Waals surface area contributed by atoms with Crippen LogP contribution in [-0.4, -0.2) is 41.2 Å². The largest absolute Gasteiger partial charge is 0.348 e. The van der Waals surface area contributed by atoms with Crippen LogP contribution in [0.5, 0.6) is 0 Å². The molecule has 1 fully saturated rings. The molecule has 0 aliphatic carbocycles. The van der Waals surface area contributed by atoms with Gasteiger partial charge in [0.1, 0.15) is 5.82 Å². The average Bonchev–Trinajstić information content (AvgIpc) is 3.11. The number of nitrogens with zero attached hydrogens (tertiary/aromatic N) is 3. The van der Waals surface area contributed by atoms with Gasteiger partial charge in [0.15, 0.2) is 0 Å².